The lowest BCUT2D eigenvalue weighted by Crippen LogP contribution is -2.06. The molecule has 1 N–H and O–H groups in total. The minimum atomic E-state index is -0.496. The number of fused-ring (bicyclic) bond motifs is 4. The van der Waals surface area contributed by atoms with Crippen molar-refractivity contribution in [1.82, 2.24) is 4.98 Å². The number of phenols is 1. The van der Waals surface area contributed by atoms with E-state index >= 15 is 0 Å². The van der Waals surface area contributed by atoms with Crippen LogP contribution in [0.25, 0.3) is 44.1 Å². The zero-order valence-corrected chi connectivity index (χ0v) is 19.0. The van der Waals surface area contributed by atoms with Crippen LogP contribution in [-0.2, 0) is 0 Å². The number of benzene rings is 4. The second-order valence-electron chi connectivity index (χ2n) is 8.48. The summed E-state index contributed by atoms with van der Waals surface area (Å²) in [4.78, 5) is 42.0. The van der Waals surface area contributed by atoms with Gasteiger partial charge in [0.15, 0.2) is 5.78 Å². The number of para-hydroxylation sites is 2. The highest BCUT2D eigenvalue weighted by atomic mass is 16.6. The summed E-state index contributed by atoms with van der Waals surface area (Å²) < 4.78 is 6.00. The Morgan fingerprint density at radius 3 is 2.35 bits per heavy atom. The summed E-state index contributed by atoms with van der Waals surface area (Å²) in [5, 5.41) is 23.0. The van der Waals surface area contributed by atoms with E-state index in [-0.39, 0.29) is 39.1 Å². The van der Waals surface area contributed by atoms with Gasteiger partial charge in [0.05, 0.1) is 27.0 Å². The largest absolute Gasteiger partial charge is 0.507 e. The van der Waals surface area contributed by atoms with E-state index in [0.29, 0.717) is 33.0 Å². The SMILES string of the molecule is O=C(c1ccc2c(c1)c(-c1ccc([N+](=O)[O-])cc1)nc1oc3ccccc3c(=O)c12)c1ccccc1O. The van der Waals surface area contributed by atoms with Crippen LogP contribution in [0.3, 0.4) is 0 Å². The molecule has 0 atom stereocenters. The standard InChI is InChI=1S/C29H16N2O6/c32-23-7-3-1-5-20(23)27(33)17-11-14-19-22(15-17)26(16-9-12-18(13-10-16)31(35)36)30-29-25(19)28(34)21-6-2-4-8-24(21)37-29/h1-15,32H. The lowest BCUT2D eigenvalue weighted by atomic mass is 9.95. The van der Waals surface area contributed by atoms with Crippen molar-refractivity contribution in [2.45, 2.75) is 0 Å². The van der Waals surface area contributed by atoms with Crippen LogP contribution in [0.1, 0.15) is 15.9 Å². The van der Waals surface area contributed by atoms with Gasteiger partial charge < -0.3 is 9.52 Å². The van der Waals surface area contributed by atoms with Crippen LogP contribution in [0, 0.1) is 10.1 Å². The van der Waals surface area contributed by atoms with Crippen LogP contribution in [0.15, 0.2) is 100 Å². The number of nitro groups is 1. The van der Waals surface area contributed by atoms with Crippen molar-refractivity contribution < 1.29 is 19.2 Å². The number of pyridine rings is 1. The molecule has 0 amide bonds. The Kier molecular flexibility index (Phi) is 5.01. The normalized spacial score (nSPS) is 11.2. The van der Waals surface area contributed by atoms with Crippen LogP contribution in [-0.4, -0.2) is 20.8 Å². The van der Waals surface area contributed by atoms with E-state index in [0.717, 1.165) is 0 Å². The second kappa shape index (κ2) is 8.39. The third kappa shape index (κ3) is 3.59. The molecule has 178 valence electrons. The molecule has 0 saturated heterocycles. The summed E-state index contributed by atoms with van der Waals surface area (Å²) in [6.07, 6.45) is 0. The molecule has 0 spiro atoms. The molecule has 8 heteroatoms. The minimum Gasteiger partial charge on any atom is -0.507 e. The number of hydrogen-bond donors (Lipinski definition) is 1. The van der Waals surface area contributed by atoms with Crippen molar-refractivity contribution >= 4 is 44.3 Å². The number of ketones is 1. The Hall–Kier alpha value is -5.37. The molecule has 6 aromatic rings. The smallest absolute Gasteiger partial charge is 0.269 e. The lowest BCUT2D eigenvalue weighted by molar-refractivity contribution is -0.384. The van der Waals surface area contributed by atoms with Crippen molar-refractivity contribution in [2.75, 3.05) is 0 Å². The first kappa shape index (κ1) is 22.1. The summed E-state index contributed by atoms with van der Waals surface area (Å²) >= 11 is 0. The topological polar surface area (TPSA) is 124 Å². The molecular weight excluding hydrogens is 472 g/mol. The van der Waals surface area contributed by atoms with Gasteiger partial charge in [-0.05, 0) is 42.5 Å². The predicted octanol–water partition coefficient (Wildman–Crippen LogP) is 6.01. The van der Waals surface area contributed by atoms with E-state index in [2.05, 4.69) is 4.98 Å². The molecule has 0 bridgehead atoms. The van der Waals surface area contributed by atoms with Crippen LogP contribution in [0.2, 0.25) is 0 Å². The number of nitrogens with zero attached hydrogens (tertiary/aromatic N) is 2. The van der Waals surface area contributed by atoms with E-state index in [4.69, 9.17) is 4.42 Å². The minimum absolute atomic E-state index is 0.0817. The van der Waals surface area contributed by atoms with Crippen LogP contribution >= 0.6 is 0 Å². The third-order valence-electron chi connectivity index (χ3n) is 6.30. The van der Waals surface area contributed by atoms with E-state index in [1.807, 2.05) is 0 Å². The van der Waals surface area contributed by atoms with Gasteiger partial charge in [-0.25, -0.2) is 4.98 Å². The van der Waals surface area contributed by atoms with E-state index < -0.39 is 10.7 Å². The first-order valence-electron chi connectivity index (χ1n) is 11.3. The predicted molar refractivity (Wildman–Crippen MR) is 139 cm³/mol. The van der Waals surface area contributed by atoms with E-state index in [9.17, 15) is 24.8 Å². The quantitative estimate of drug-likeness (QED) is 0.106. The van der Waals surface area contributed by atoms with Gasteiger partial charge in [-0.15, -0.1) is 0 Å². The number of aromatic hydroxyl groups is 1. The van der Waals surface area contributed by atoms with Crippen molar-refractivity contribution in [3.05, 3.63) is 122 Å². The van der Waals surface area contributed by atoms with Gasteiger partial charge in [0, 0.05) is 34.0 Å². The Balaban J connectivity index is 1.68. The number of carbonyl (C=O) groups excluding carboxylic acids is 1. The first-order chi connectivity index (χ1) is 17.9. The molecule has 6 rings (SSSR count). The molecule has 0 unspecified atom stereocenters. The number of rotatable bonds is 4. The number of non-ortho nitro benzene ring substituents is 1. The fourth-order valence-corrected chi connectivity index (χ4v) is 4.49. The molecule has 0 radical (unpaired) electrons. The van der Waals surface area contributed by atoms with Crippen molar-refractivity contribution in [2.24, 2.45) is 0 Å². The molecule has 0 aliphatic rings. The highest BCUT2D eigenvalue weighted by Crippen LogP contribution is 2.34. The average Bonchev–Trinajstić information content (AvgIpc) is 2.92. The van der Waals surface area contributed by atoms with Gasteiger partial charge in [-0.1, -0.05) is 36.4 Å². The van der Waals surface area contributed by atoms with Crippen molar-refractivity contribution in [3.8, 4) is 17.0 Å². The monoisotopic (exact) mass is 488 g/mol. The molecule has 2 aromatic heterocycles. The molecule has 37 heavy (non-hydrogen) atoms. The summed E-state index contributed by atoms with van der Waals surface area (Å²) in [6.45, 7) is 0. The fraction of sp³-hybridized carbons (Fsp3) is 0. The summed E-state index contributed by atoms with van der Waals surface area (Å²) in [6, 6.07) is 23.8. The van der Waals surface area contributed by atoms with Gasteiger partial charge >= 0.3 is 0 Å². The van der Waals surface area contributed by atoms with Crippen molar-refractivity contribution in [3.63, 3.8) is 0 Å². The third-order valence-corrected chi connectivity index (χ3v) is 6.30. The van der Waals surface area contributed by atoms with Crippen LogP contribution in [0.5, 0.6) is 5.75 Å². The van der Waals surface area contributed by atoms with Crippen molar-refractivity contribution in [1.29, 1.82) is 0 Å². The number of aromatic nitrogens is 1. The highest BCUT2D eigenvalue weighted by molar-refractivity contribution is 6.16. The zero-order valence-electron chi connectivity index (χ0n) is 19.0. The maximum absolute atomic E-state index is 13.5. The maximum atomic E-state index is 13.5. The fourth-order valence-electron chi connectivity index (χ4n) is 4.49. The number of nitro benzene ring substituents is 1. The van der Waals surface area contributed by atoms with Gasteiger partial charge in [-0.3, -0.25) is 19.7 Å². The van der Waals surface area contributed by atoms with Crippen LogP contribution < -0.4 is 5.43 Å². The van der Waals surface area contributed by atoms with Gasteiger partial charge in [0.1, 0.15) is 11.3 Å². The van der Waals surface area contributed by atoms with E-state index in [1.54, 1.807) is 66.7 Å². The average molecular weight is 488 g/mol. The molecule has 0 saturated carbocycles. The Morgan fingerprint density at radius 1 is 0.865 bits per heavy atom. The Morgan fingerprint density at radius 2 is 1.59 bits per heavy atom. The molecule has 4 aromatic carbocycles. The molecule has 8 nitrogen and oxygen atoms in total. The summed E-state index contributed by atoms with van der Waals surface area (Å²) in [7, 11) is 0. The highest BCUT2D eigenvalue weighted by Gasteiger charge is 2.20. The molecule has 0 fully saturated rings. The molecule has 0 aliphatic heterocycles. The van der Waals surface area contributed by atoms with E-state index in [1.165, 1.54) is 24.3 Å². The molecule has 2 heterocycles. The molecular formula is C29H16N2O6. The summed E-state index contributed by atoms with van der Waals surface area (Å²) in [5.74, 6) is -0.549. The summed E-state index contributed by atoms with van der Waals surface area (Å²) in [5.41, 5.74) is 1.51. The second-order valence-corrected chi connectivity index (χ2v) is 8.48. The van der Waals surface area contributed by atoms with Crippen LogP contribution in [0.4, 0.5) is 5.69 Å². The Bertz CT molecular complexity index is 1960. The van der Waals surface area contributed by atoms with Gasteiger partial charge in [-0.2, -0.15) is 0 Å². The number of hydrogen-bond acceptors (Lipinski definition) is 7. The zero-order chi connectivity index (χ0) is 25.7. The lowest BCUT2D eigenvalue weighted by Gasteiger charge is -2.12. The number of carbonyl (C=O) groups is 1. The van der Waals surface area contributed by atoms with Gasteiger partial charge in [0.25, 0.3) is 5.69 Å². The first-order valence-corrected chi connectivity index (χ1v) is 11.3. The Labute approximate surface area is 208 Å². The molecule has 0 aliphatic carbocycles. The maximum Gasteiger partial charge on any atom is 0.269 e. The number of phenolic OH excluding ortho intramolecular Hbond substituents is 1. The van der Waals surface area contributed by atoms with Gasteiger partial charge in [0.2, 0.25) is 11.1 Å².